The molecular weight excluding hydrogens is 400 g/mol. The third-order valence-corrected chi connectivity index (χ3v) is 5.21. The fraction of sp³-hybridized carbons (Fsp3) is 0.192. The first-order valence-corrected chi connectivity index (χ1v) is 10.5. The number of nitrogens with zero attached hydrogens (tertiary/aromatic N) is 3. The first-order chi connectivity index (χ1) is 15.6. The quantitative estimate of drug-likeness (QED) is 0.291. The number of anilines is 2. The van der Waals surface area contributed by atoms with Crippen molar-refractivity contribution in [3.05, 3.63) is 95.3 Å². The van der Waals surface area contributed by atoms with E-state index in [1.165, 1.54) is 18.4 Å². The summed E-state index contributed by atoms with van der Waals surface area (Å²) in [5.74, 6) is 0.948. The van der Waals surface area contributed by atoms with Crippen LogP contribution >= 0.6 is 0 Å². The monoisotopic (exact) mass is 428 g/mol. The van der Waals surface area contributed by atoms with Crippen LogP contribution in [0.15, 0.2) is 72.9 Å². The van der Waals surface area contributed by atoms with E-state index in [0.717, 1.165) is 28.3 Å². The van der Waals surface area contributed by atoms with Crippen molar-refractivity contribution in [3.63, 3.8) is 0 Å². The van der Waals surface area contributed by atoms with Crippen LogP contribution in [0.5, 0.6) is 0 Å². The molecule has 0 bridgehead atoms. The first-order valence-electron chi connectivity index (χ1n) is 10.5. The van der Waals surface area contributed by atoms with Gasteiger partial charge >= 0.3 is 0 Å². The average Bonchev–Trinajstić information content (AvgIpc) is 3.17. The molecule has 0 saturated heterocycles. The van der Waals surface area contributed by atoms with E-state index in [2.05, 4.69) is 63.2 Å². The molecule has 2 aromatic carbocycles. The first kappa shape index (κ1) is 21.6. The molecule has 0 saturated carbocycles. The number of nitrogens with one attached hydrogen (secondary N) is 1. The van der Waals surface area contributed by atoms with Crippen LogP contribution in [0.25, 0.3) is 17.8 Å². The molecule has 164 valence electrons. The van der Waals surface area contributed by atoms with Crippen LogP contribution in [0.2, 0.25) is 0 Å². The minimum absolute atomic E-state index is 0.371. The van der Waals surface area contributed by atoms with Gasteiger partial charge in [0.2, 0.25) is 0 Å². The minimum atomic E-state index is 0.371. The average molecular weight is 429 g/mol. The summed E-state index contributed by atoms with van der Waals surface area (Å²) in [6.45, 7) is 1.08. The van der Waals surface area contributed by atoms with Crippen molar-refractivity contribution in [2.75, 3.05) is 31.4 Å². The Labute approximate surface area is 188 Å². The van der Waals surface area contributed by atoms with Gasteiger partial charge in [0.25, 0.3) is 0 Å². The number of benzene rings is 2. The normalized spacial score (nSPS) is 11.3. The number of imidazole rings is 1. The largest absolute Gasteiger partial charge is 0.378 e. The van der Waals surface area contributed by atoms with Gasteiger partial charge in [-0.15, -0.1) is 0 Å². The lowest BCUT2D eigenvalue weighted by molar-refractivity contribution is -0.282. The summed E-state index contributed by atoms with van der Waals surface area (Å²) >= 11 is 0. The molecule has 0 radical (unpaired) electrons. The number of aromatic nitrogens is 2. The van der Waals surface area contributed by atoms with Gasteiger partial charge in [-0.05, 0) is 47.0 Å². The highest BCUT2D eigenvalue weighted by molar-refractivity contribution is 5.76. The van der Waals surface area contributed by atoms with Gasteiger partial charge in [0.1, 0.15) is 23.8 Å². The summed E-state index contributed by atoms with van der Waals surface area (Å²) in [5, 5.41) is 3.56. The van der Waals surface area contributed by atoms with Gasteiger partial charge in [0.15, 0.2) is 0 Å². The molecular formula is C26H28N4O2. The Bertz CT molecular complexity index is 1180. The van der Waals surface area contributed by atoms with Crippen molar-refractivity contribution in [1.29, 1.82) is 0 Å². The minimum Gasteiger partial charge on any atom is -0.378 e. The van der Waals surface area contributed by atoms with Crippen LogP contribution in [-0.2, 0) is 22.9 Å². The Balaban J connectivity index is 1.64. The van der Waals surface area contributed by atoms with E-state index in [1.807, 2.05) is 50.6 Å². The molecule has 0 atom stereocenters. The zero-order valence-corrected chi connectivity index (χ0v) is 18.7. The maximum atomic E-state index is 5.07. The Morgan fingerprint density at radius 2 is 1.75 bits per heavy atom. The lowest BCUT2D eigenvalue weighted by Crippen LogP contribution is -2.07. The summed E-state index contributed by atoms with van der Waals surface area (Å²) in [7, 11) is 5.59. The Kier molecular flexibility index (Phi) is 6.84. The van der Waals surface area contributed by atoms with Crippen molar-refractivity contribution in [1.82, 2.24) is 9.38 Å². The third kappa shape index (κ3) is 5.17. The van der Waals surface area contributed by atoms with Crippen LogP contribution < -0.4 is 10.2 Å². The molecule has 0 aliphatic heterocycles. The standard InChI is InChI=1S/C26H28N4O2/c1-29(2)23-12-9-20(10-13-23)11-14-24-26(27-18-21-7-5-4-6-8-21)30-16-15-22(19-32-31-3)17-25(30)28-24/h4-17,27H,18-19H2,1-3H3/b14-11+. The van der Waals surface area contributed by atoms with Gasteiger partial charge in [-0.2, -0.15) is 0 Å². The van der Waals surface area contributed by atoms with Crippen molar-refractivity contribution in [3.8, 4) is 0 Å². The van der Waals surface area contributed by atoms with Gasteiger partial charge in [-0.1, -0.05) is 48.5 Å². The van der Waals surface area contributed by atoms with E-state index in [0.29, 0.717) is 13.2 Å². The number of hydrogen-bond acceptors (Lipinski definition) is 5. The second kappa shape index (κ2) is 10.1. The molecule has 0 spiro atoms. The second-order valence-electron chi connectivity index (χ2n) is 7.70. The number of pyridine rings is 1. The molecule has 0 fully saturated rings. The smallest absolute Gasteiger partial charge is 0.139 e. The molecule has 0 aliphatic rings. The van der Waals surface area contributed by atoms with Crippen molar-refractivity contribution < 1.29 is 9.78 Å². The number of fused-ring (bicyclic) bond motifs is 1. The lowest BCUT2D eigenvalue weighted by Gasteiger charge is -2.11. The maximum Gasteiger partial charge on any atom is 0.139 e. The predicted molar refractivity (Wildman–Crippen MR) is 130 cm³/mol. The molecule has 0 aliphatic carbocycles. The van der Waals surface area contributed by atoms with E-state index < -0.39 is 0 Å². The summed E-state index contributed by atoms with van der Waals surface area (Å²) in [4.78, 5) is 16.8. The van der Waals surface area contributed by atoms with E-state index in [1.54, 1.807) is 0 Å². The fourth-order valence-electron chi connectivity index (χ4n) is 3.45. The second-order valence-corrected chi connectivity index (χ2v) is 7.70. The molecule has 4 rings (SSSR count). The molecule has 2 aromatic heterocycles. The Morgan fingerprint density at radius 1 is 0.969 bits per heavy atom. The summed E-state index contributed by atoms with van der Waals surface area (Å²) in [6, 6.07) is 22.8. The van der Waals surface area contributed by atoms with E-state index in [9.17, 15) is 0 Å². The van der Waals surface area contributed by atoms with Crippen molar-refractivity contribution >= 4 is 29.3 Å². The van der Waals surface area contributed by atoms with Crippen LogP contribution in [0.1, 0.15) is 22.4 Å². The molecule has 4 aromatic rings. The fourth-order valence-corrected chi connectivity index (χ4v) is 3.45. The van der Waals surface area contributed by atoms with Crippen molar-refractivity contribution in [2.45, 2.75) is 13.2 Å². The molecule has 6 nitrogen and oxygen atoms in total. The van der Waals surface area contributed by atoms with E-state index in [4.69, 9.17) is 14.8 Å². The predicted octanol–water partition coefficient (Wildman–Crippen LogP) is 5.26. The van der Waals surface area contributed by atoms with Crippen molar-refractivity contribution in [2.24, 2.45) is 0 Å². The highest BCUT2D eigenvalue weighted by atomic mass is 17.2. The highest BCUT2D eigenvalue weighted by Gasteiger charge is 2.11. The van der Waals surface area contributed by atoms with Crippen LogP contribution in [0.4, 0.5) is 11.5 Å². The lowest BCUT2D eigenvalue weighted by atomic mass is 10.1. The zero-order valence-electron chi connectivity index (χ0n) is 18.7. The van der Waals surface area contributed by atoms with Crippen LogP contribution in [-0.4, -0.2) is 30.6 Å². The number of hydrogen-bond donors (Lipinski definition) is 1. The zero-order chi connectivity index (χ0) is 22.3. The van der Waals surface area contributed by atoms with Crippen LogP contribution in [0.3, 0.4) is 0 Å². The Hall–Kier alpha value is -3.61. The molecule has 0 unspecified atom stereocenters. The highest BCUT2D eigenvalue weighted by Crippen LogP contribution is 2.23. The van der Waals surface area contributed by atoms with E-state index >= 15 is 0 Å². The van der Waals surface area contributed by atoms with Gasteiger partial charge in [-0.25, -0.2) is 14.8 Å². The summed E-state index contributed by atoms with van der Waals surface area (Å²) in [5.41, 5.74) is 6.22. The molecule has 32 heavy (non-hydrogen) atoms. The number of rotatable bonds is 9. The molecule has 0 amide bonds. The van der Waals surface area contributed by atoms with Gasteiger partial charge < -0.3 is 10.2 Å². The third-order valence-electron chi connectivity index (χ3n) is 5.21. The van der Waals surface area contributed by atoms with E-state index in [-0.39, 0.29) is 0 Å². The maximum absolute atomic E-state index is 5.07. The SMILES string of the molecule is COOCc1ccn2c(NCc3ccccc3)c(/C=C/c3ccc(N(C)C)cc3)nc2c1. The molecule has 6 heteroatoms. The summed E-state index contributed by atoms with van der Waals surface area (Å²) in [6.07, 6.45) is 6.15. The molecule has 1 N–H and O–H groups in total. The topological polar surface area (TPSA) is 51.0 Å². The Morgan fingerprint density at radius 3 is 2.47 bits per heavy atom. The van der Waals surface area contributed by atoms with Crippen LogP contribution in [0, 0.1) is 0 Å². The summed E-state index contributed by atoms with van der Waals surface area (Å²) < 4.78 is 2.06. The van der Waals surface area contributed by atoms with Gasteiger partial charge in [-0.3, -0.25) is 4.40 Å². The van der Waals surface area contributed by atoms with Gasteiger partial charge in [0, 0.05) is 32.5 Å². The molecule has 2 heterocycles. The van der Waals surface area contributed by atoms with Gasteiger partial charge in [0.05, 0.1) is 7.11 Å².